The van der Waals surface area contributed by atoms with E-state index in [1.165, 1.54) is 11.1 Å². The average Bonchev–Trinajstić information content (AvgIpc) is 2.64. The third-order valence-corrected chi connectivity index (χ3v) is 5.27. The number of para-hydroxylation sites is 1. The number of anilines is 1. The van der Waals surface area contributed by atoms with Gasteiger partial charge in [-0.1, -0.05) is 41.5 Å². The minimum absolute atomic E-state index is 0.00182. The Morgan fingerprint density at radius 1 is 1.00 bits per heavy atom. The number of phenols is 2. The maximum Gasteiger partial charge on any atom is 0.259 e. The first kappa shape index (κ1) is 23.3. The van der Waals surface area contributed by atoms with Gasteiger partial charge in [-0.05, 0) is 83.6 Å². The van der Waals surface area contributed by atoms with Crippen molar-refractivity contribution in [2.24, 2.45) is 0 Å². The van der Waals surface area contributed by atoms with Crippen LogP contribution in [-0.4, -0.2) is 16.1 Å². The van der Waals surface area contributed by atoms with E-state index in [4.69, 9.17) is 0 Å². The summed E-state index contributed by atoms with van der Waals surface area (Å²) < 4.78 is 0. The monoisotopic (exact) mass is 407 g/mol. The van der Waals surface area contributed by atoms with Crippen LogP contribution in [0.3, 0.4) is 0 Å². The molecule has 0 aromatic heterocycles. The molecule has 1 amide bonds. The number of carbonyl (C=O) groups is 1. The SMILES string of the molecule is CC(C)=CCC/C(C)=C/Cc1c(O)cc(C)c(C(=O)Nc2c(C)cccc2C)c1O. The van der Waals surface area contributed by atoms with E-state index in [9.17, 15) is 15.0 Å². The Morgan fingerprint density at radius 3 is 2.23 bits per heavy atom. The van der Waals surface area contributed by atoms with Crippen molar-refractivity contribution in [3.05, 3.63) is 75.4 Å². The molecule has 4 heteroatoms. The standard InChI is InChI=1S/C26H33NO3/c1-16(2)9-7-10-17(3)13-14-21-22(28)15-20(6)23(25(21)29)26(30)27-24-18(4)11-8-12-19(24)5/h8-9,11-13,15,28-29H,7,10,14H2,1-6H3,(H,27,30)/b17-13+. The molecule has 0 atom stereocenters. The van der Waals surface area contributed by atoms with Crippen LogP contribution in [0, 0.1) is 20.8 Å². The van der Waals surface area contributed by atoms with Crippen LogP contribution in [0.1, 0.15) is 66.2 Å². The Morgan fingerprint density at radius 2 is 1.63 bits per heavy atom. The lowest BCUT2D eigenvalue weighted by atomic mass is 9.97. The largest absolute Gasteiger partial charge is 0.508 e. The van der Waals surface area contributed by atoms with Crippen molar-refractivity contribution in [3.63, 3.8) is 0 Å². The van der Waals surface area contributed by atoms with Gasteiger partial charge in [-0.2, -0.15) is 0 Å². The van der Waals surface area contributed by atoms with Crippen LogP contribution in [0.25, 0.3) is 0 Å². The van der Waals surface area contributed by atoms with Crippen molar-refractivity contribution in [2.45, 2.75) is 60.8 Å². The maximum atomic E-state index is 13.0. The van der Waals surface area contributed by atoms with Crippen LogP contribution in [0.4, 0.5) is 5.69 Å². The summed E-state index contributed by atoms with van der Waals surface area (Å²) in [5.74, 6) is -0.542. The molecule has 0 aliphatic carbocycles. The van der Waals surface area contributed by atoms with Crippen LogP contribution in [0.15, 0.2) is 47.6 Å². The number of hydrogen-bond acceptors (Lipinski definition) is 3. The number of rotatable bonds is 7. The fourth-order valence-corrected chi connectivity index (χ4v) is 3.47. The predicted octanol–water partition coefficient (Wildman–Crippen LogP) is 6.51. The number of amides is 1. The topological polar surface area (TPSA) is 69.6 Å². The minimum atomic E-state index is -0.382. The zero-order valence-corrected chi connectivity index (χ0v) is 18.9. The Kier molecular flexibility index (Phi) is 7.87. The van der Waals surface area contributed by atoms with E-state index < -0.39 is 0 Å². The summed E-state index contributed by atoms with van der Waals surface area (Å²) in [4.78, 5) is 13.0. The van der Waals surface area contributed by atoms with Gasteiger partial charge in [-0.15, -0.1) is 0 Å². The zero-order valence-electron chi connectivity index (χ0n) is 18.9. The summed E-state index contributed by atoms with van der Waals surface area (Å²) in [5, 5.41) is 24.2. The van der Waals surface area contributed by atoms with E-state index in [1.807, 2.05) is 45.0 Å². The van der Waals surface area contributed by atoms with Crippen LogP contribution in [0.5, 0.6) is 11.5 Å². The molecule has 0 saturated heterocycles. The number of aryl methyl sites for hydroxylation is 3. The van der Waals surface area contributed by atoms with Crippen molar-refractivity contribution in [1.29, 1.82) is 0 Å². The Hall–Kier alpha value is -3.01. The molecule has 0 unspecified atom stereocenters. The summed E-state index contributed by atoms with van der Waals surface area (Å²) >= 11 is 0. The van der Waals surface area contributed by atoms with E-state index in [-0.39, 0.29) is 23.0 Å². The van der Waals surface area contributed by atoms with Gasteiger partial charge in [0.2, 0.25) is 0 Å². The van der Waals surface area contributed by atoms with Crippen molar-refractivity contribution in [3.8, 4) is 11.5 Å². The number of phenolic OH excluding ortho intramolecular Hbond substituents is 2. The first-order valence-electron chi connectivity index (χ1n) is 10.3. The quantitative estimate of drug-likeness (QED) is 0.458. The predicted molar refractivity (Wildman–Crippen MR) is 125 cm³/mol. The van der Waals surface area contributed by atoms with Crippen molar-refractivity contribution < 1.29 is 15.0 Å². The Balaban J connectivity index is 2.30. The molecule has 0 aliphatic heterocycles. The molecule has 0 fully saturated rings. The second-order valence-electron chi connectivity index (χ2n) is 8.21. The van der Waals surface area contributed by atoms with Gasteiger partial charge in [0.1, 0.15) is 11.5 Å². The second kappa shape index (κ2) is 10.1. The fourth-order valence-electron chi connectivity index (χ4n) is 3.47. The molecule has 0 heterocycles. The van der Waals surface area contributed by atoms with Gasteiger partial charge in [0.25, 0.3) is 5.91 Å². The van der Waals surface area contributed by atoms with Gasteiger partial charge < -0.3 is 15.5 Å². The molecular weight excluding hydrogens is 374 g/mol. The number of carbonyl (C=O) groups excluding carboxylic acids is 1. The van der Waals surface area contributed by atoms with E-state index in [0.717, 1.165) is 29.7 Å². The number of hydrogen-bond donors (Lipinski definition) is 3. The lowest BCUT2D eigenvalue weighted by Gasteiger charge is -2.16. The molecule has 0 aliphatic rings. The number of benzene rings is 2. The van der Waals surface area contributed by atoms with Gasteiger partial charge in [0.15, 0.2) is 0 Å². The third-order valence-electron chi connectivity index (χ3n) is 5.27. The summed E-state index contributed by atoms with van der Waals surface area (Å²) in [5.41, 5.74) is 6.20. The molecule has 3 N–H and O–H groups in total. The number of nitrogens with one attached hydrogen (secondary N) is 1. The van der Waals surface area contributed by atoms with Gasteiger partial charge >= 0.3 is 0 Å². The van der Waals surface area contributed by atoms with Gasteiger partial charge in [-0.3, -0.25) is 4.79 Å². The van der Waals surface area contributed by atoms with E-state index in [0.29, 0.717) is 17.5 Å². The highest BCUT2D eigenvalue weighted by molar-refractivity contribution is 6.08. The molecule has 0 bridgehead atoms. The molecule has 2 aromatic rings. The first-order chi connectivity index (χ1) is 14.1. The smallest absolute Gasteiger partial charge is 0.259 e. The van der Waals surface area contributed by atoms with Crippen LogP contribution < -0.4 is 5.32 Å². The summed E-state index contributed by atoms with van der Waals surface area (Å²) in [6.07, 6.45) is 6.42. The van der Waals surface area contributed by atoms with Crippen molar-refractivity contribution >= 4 is 11.6 Å². The van der Waals surface area contributed by atoms with Crippen LogP contribution in [0.2, 0.25) is 0 Å². The lowest BCUT2D eigenvalue weighted by molar-refractivity contribution is 0.102. The molecule has 160 valence electrons. The first-order valence-corrected chi connectivity index (χ1v) is 10.3. The Bertz CT molecular complexity index is 976. The van der Waals surface area contributed by atoms with Crippen molar-refractivity contribution in [1.82, 2.24) is 0 Å². The highest BCUT2D eigenvalue weighted by Crippen LogP contribution is 2.35. The number of aromatic hydroxyl groups is 2. The highest BCUT2D eigenvalue weighted by atomic mass is 16.3. The van der Waals surface area contributed by atoms with Gasteiger partial charge in [-0.25, -0.2) is 0 Å². The second-order valence-corrected chi connectivity index (χ2v) is 8.21. The zero-order chi connectivity index (χ0) is 22.4. The Labute approximate surface area is 180 Å². The molecule has 0 spiro atoms. The van der Waals surface area contributed by atoms with E-state index in [2.05, 4.69) is 25.2 Å². The minimum Gasteiger partial charge on any atom is -0.508 e. The highest BCUT2D eigenvalue weighted by Gasteiger charge is 2.21. The van der Waals surface area contributed by atoms with Crippen molar-refractivity contribution in [2.75, 3.05) is 5.32 Å². The number of allylic oxidation sites excluding steroid dienone is 4. The van der Waals surface area contributed by atoms with Crippen LogP contribution in [-0.2, 0) is 6.42 Å². The molecule has 0 radical (unpaired) electrons. The maximum absolute atomic E-state index is 13.0. The van der Waals surface area contributed by atoms with Gasteiger partial charge in [0.05, 0.1) is 5.56 Å². The normalized spacial score (nSPS) is 11.3. The molecular formula is C26H33NO3. The van der Waals surface area contributed by atoms with Crippen LogP contribution >= 0.6 is 0 Å². The molecule has 4 nitrogen and oxygen atoms in total. The fraction of sp³-hybridized carbons (Fsp3) is 0.346. The third kappa shape index (κ3) is 5.76. The average molecular weight is 408 g/mol. The summed E-state index contributed by atoms with van der Waals surface area (Å²) in [6, 6.07) is 7.34. The molecule has 0 saturated carbocycles. The molecule has 2 rings (SSSR count). The lowest BCUT2D eigenvalue weighted by Crippen LogP contribution is -2.16. The summed E-state index contributed by atoms with van der Waals surface area (Å²) in [6.45, 7) is 11.8. The van der Waals surface area contributed by atoms with Gasteiger partial charge in [0, 0.05) is 11.3 Å². The van der Waals surface area contributed by atoms with E-state index in [1.54, 1.807) is 13.0 Å². The van der Waals surface area contributed by atoms with E-state index >= 15 is 0 Å². The summed E-state index contributed by atoms with van der Waals surface area (Å²) in [7, 11) is 0. The molecule has 30 heavy (non-hydrogen) atoms. The molecule has 2 aromatic carbocycles.